The van der Waals surface area contributed by atoms with E-state index in [4.69, 9.17) is 0 Å². The van der Waals surface area contributed by atoms with Crippen LogP contribution in [0.2, 0.25) is 0 Å². The molecule has 0 saturated heterocycles. The lowest BCUT2D eigenvalue weighted by atomic mass is 11.3. The Morgan fingerprint density at radius 3 is 2.21 bits per heavy atom. The quantitative estimate of drug-likeness (QED) is 0.405. The van der Waals surface area contributed by atoms with Gasteiger partial charge in [-0.25, -0.2) is 4.67 Å². The van der Waals surface area contributed by atoms with Crippen LogP contribution >= 0.6 is 24.7 Å². The van der Waals surface area contributed by atoms with Gasteiger partial charge >= 0.3 is 24.7 Å². The van der Waals surface area contributed by atoms with Crippen LogP contribution in [0.15, 0.2) is 4.52 Å². The highest BCUT2D eigenvalue weighted by Gasteiger charge is 2.51. The zero-order chi connectivity index (χ0) is 11.1. The number of hydrogen-bond acceptors (Lipinski definition) is 4. The number of rotatable bonds is 1. The first-order valence-corrected chi connectivity index (χ1v) is 6.95. The SMILES string of the molecule is CN(C)P1(F)=NP(F)N(F)P(F)N1F. The van der Waals surface area contributed by atoms with Crippen molar-refractivity contribution < 1.29 is 21.6 Å². The molecule has 0 saturated carbocycles. The van der Waals surface area contributed by atoms with Gasteiger partial charge in [-0.05, 0) is 18.8 Å². The van der Waals surface area contributed by atoms with E-state index in [-0.39, 0.29) is 0 Å². The maximum Gasteiger partial charge on any atom is 0.323 e. The minimum Gasteiger partial charge on any atom is -0.236 e. The average Bonchev–Trinajstić information content (AvgIpc) is 2.11. The van der Waals surface area contributed by atoms with Crippen molar-refractivity contribution >= 4 is 24.7 Å². The van der Waals surface area contributed by atoms with E-state index in [0.717, 1.165) is 14.1 Å². The van der Waals surface area contributed by atoms with Gasteiger partial charge in [-0.3, -0.25) is 0 Å². The van der Waals surface area contributed by atoms with Crippen molar-refractivity contribution in [3.05, 3.63) is 0 Å². The predicted octanol–water partition coefficient (Wildman–Crippen LogP) is 4.24. The smallest absolute Gasteiger partial charge is 0.236 e. The van der Waals surface area contributed by atoms with E-state index in [9.17, 15) is 21.6 Å². The van der Waals surface area contributed by atoms with Crippen LogP contribution in [0.1, 0.15) is 0 Å². The molecule has 0 amide bonds. The highest BCUT2D eigenvalue weighted by molar-refractivity contribution is 7.78. The summed E-state index contributed by atoms with van der Waals surface area (Å²) in [5, 5.41) is 0. The Hall–Kier alpha value is 0.620. The predicted molar refractivity (Wildman–Crippen MR) is 46.1 cm³/mol. The molecular weight excluding hydrogens is 268 g/mol. The van der Waals surface area contributed by atoms with Gasteiger partial charge in [-0.1, -0.05) is 0 Å². The van der Waals surface area contributed by atoms with Crippen molar-refractivity contribution in [2.75, 3.05) is 14.1 Å². The van der Waals surface area contributed by atoms with E-state index in [1.165, 1.54) is 0 Å². The summed E-state index contributed by atoms with van der Waals surface area (Å²) in [5.41, 5.74) is 0. The number of hydrogen-bond donors (Lipinski definition) is 0. The van der Waals surface area contributed by atoms with Crippen molar-refractivity contribution in [3.8, 4) is 0 Å². The summed E-state index contributed by atoms with van der Waals surface area (Å²) in [4.78, 5) is 0. The van der Waals surface area contributed by atoms with Crippen LogP contribution in [-0.4, -0.2) is 28.1 Å². The van der Waals surface area contributed by atoms with Gasteiger partial charge in [0.1, 0.15) is 0 Å². The largest absolute Gasteiger partial charge is 0.323 e. The van der Waals surface area contributed by atoms with Crippen molar-refractivity contribution in [3.63, 3.8) is 0 Å². The minimum absolute atomic E-state index is 0.615. The van der Waals surface area contributed by atoms with Crippen LogP contribution < -0.4 is 0 Å². The van der Waals surface area contributed by atoms with Gasteiger partial charge in [0.05, 0.1) is 0 Å². The Labute approximate surface area is 79.8 Å². The monoisotopic (exact) mass is 274 g/mol. The van der Waals surface area contributed by atoms with Gasteiger partial charge in [0, 0.05) is 4.66 Å². The van der Waals surface area contributed by atoms with E-state index in [0.29, 0.717) is 4.67 Å². The first-order chi connectivity index (χ1) is 6.30. The summed E-state index contributed by atoms with van der Waals surface area (Å²) in [6.45, 7) is 0. The molecule has 0 radical (unpaired) electrons. The van der Waals surface area contributed by atoms with Gasteiger partial charge in [-0.15, -0.1) is 8.96 Å². The highest BCUT2D eigenvalue weighted by atomic mass is 31.3. The average molecular weight is 274 g/mol. The summed E-state index contributed by atoms with van der Waals surface area (Å²) >= 11 is 0. The second-order valence-electron chi connectivity index (χ2n) is 2.39. The molecule has 1 heterocycles. The fraction of sp³-hybridized carbons (Fsp3) is 1.00. The third-order valence-corrected chi connectivity index (χ3v) is 7.08. The van der Waals surface area contributed by atoms with Crippen LogP contribution in [-0.2, 0) is 0 Å². The van der Waals surface area contributed by atoms with E-state index in [1.54, 1.807) is 0 Å². The molecule has 0 aromatic rings. The van der Waals surface area contributed by atoms with Crippen molar-refractivity contribution in [2.24, 2.45) is 4.52 Å². The molecule has 0 spiro atoms. The fourth-order valence-electron chi connectivity index (χ4n) is 0.603. The molecular formula is C2H6F5N4P3. The van der Waals surface area contributed by atoms with E-state index in [2.05, 4.69) is 4.52 Å². The van der Waals surface area contributed by atoms with Crippen LogP contribution in [0.3, 0.4) is 0 Å². The molecule has 0 N–H and O–H groups in total. The minimum atomic E-state index is -4.53. The second-order valence-corrected chi connectivity index (χ2v) is 7.90. The molecule has 84 valence electrons. The molecule has 1 aliphatic rings. The maximum atomic E-state index is 13.5. The van der Waals surface area contributed by atoms with Gasteiger partial charge in [0.25, 0.3) is 0 Å². The number of halogens is 5. The van der Waals surface area contributed by atoms with E-state index >= 15 is 0 Å². The van der Waals surface area contributed by atoms with Crippen LogP contribution in [0.5, 0.6) is 0 Å². The summed E-state index contributed by atoms with van der Waals surface area (Å²) in [6, 6.07) is 0. The molecule has 0 aliphatic carbocycles. The normalized spacial score (nSPS) is 41.4. The molecule has 4 nitrogen and oxygen atoms in total. The first-order valence-electron chi connectivity index (χ1n) is 3.14. The Morgan fingerprint density at radius 1 is 1.29 bits per heavy atom. The van der Waals surface area contributed by atoms with Gasteiger partial charge in [-0.2, -0.15) is 17.1 Å². The topological polar surface area (TPSA) is 22.1 Å². The molecule has 14 heavy (non-hydrogen) atoms. The Balaban J connectivity index is 3.13. The molecule has 3 unspecified atom stereocenters. The zero-order valence-corrected chi connectivity index (χ0v) is 9.70. The lowest BCUT2D eigenvalue weighted by Gasteiger charge is -2.33. The molecule has 0 fully saturated rings. The van der Waals surface area contributed by atoms with Crippen LogP contribution in [0.4, 0.5) is 21.6 Å². The van der Waals surface area contributed by atoms with Gasteiger partial charge in [0.15, 0.2) is 0 Å². The maximum absolute atomic E-state index is 13.5. The third kappa shape index (κ3) is 1.94. The molecule has 12 heteroatoms. The van der Waals surface area contributed by atoms with E-state index < -0.39 is 34.1 Å². The lowest BCUT2D eigenvalue weighted by molar-refractivity contribution is 0.181. The molecule has 1 rings (SSSR count). The Kier molecular flexibility index (Phi) is 3.84. The van der Waals surface area contributed by atoms with Crippen molar-refractivity contribution in [1.82, 2.24) is 14.0 Å². The molecule has 0 aromatic carbocycles. The molecule has 1 aliphatic heterocycles. The Bertz CT molecular complexity index is 274. The Morgan fingerprint density at radius 2 is 1.79 bits per heavy atom. The second kappa shape index (κ2) is 4.24. The molecule has 3 atom stereocenters. The molecule has 0 aromatic heterocycles. The summed E-state index contributed by atoms with van der Waals surface area (Å²) in [5.74, 6) is 0. The summed E-state index contributed by atoms with van der Waals surface area (Å²) in [7, 11) is -9.57. The fourth-order valence-corrected chi connectivity index (χ4v) is 5.91. The van der Waals surface area contributed by atoms with Crippen LogP contribution in [0.25, 0.3) is 0 Å². The van der Waals surface area contributed by atoms with E-state index in [1.807, 2.05) is 0 Å². The van der Waals surface area contributed by atoms with Crippen molar-refractivity contribution in [2.45, 2.75) is 0 Å². The number of nitrogens with zero attached hydrogens (tertiary/aromatic N) is 4. The third-order valence-electron chi connectivity index (χ3n) is 1.32. The lowest BCUT2D eigenvalue weighted by Crippen LogP contribution is -2.19. The standard InChI is InChI=1S/C2H6F5N4P3/c1-9(2)14(7)8-12(5)10(3)13(6)11(14)4/h1-2H3. The van der Waals surface area contributed by atoms with Gasteiger partial charge in [0.2, 0.25) is 0 Å². The van der Waals surface area contributed by atoms with Crippen LogP contribution in [0, 0.1) is 0 Å². The van der Waals surface area contributed by atoms with Gasteiger partial charge < -0.3 is 0 Å². The summed E-state index contributed by atoms with van der Waals surface area (Å²) < 4.78 is 65.5. The summed E-state index contributed by atoms with van der Waals surface area (Å²) in [6.07, 6.45) is 0. The highest BCUT2D eigenvalue weighted by Crippen LogP contribution is 2.80. The zero-order valence-electron chi connectivity index (χ0n) is 7.02. The molecule has 0 bridgehead atoms. The first kappa shape index (κ1) is 12.7. The van der Waals surface area contributed by atoms with Crippen molar-refractivity contribution in [1.29, 1.82) is 0 Å².